The normalized spacial score (nSPS) is 12.2. The van der Waals surface area contributed by atoms with E-state index in [2.05, 4.69) is 11.6 Å². The molecule has 0 saturated carbocycles. The number of ether oxygens (including phenoxy) is 1. The fraction of sp³-hybridized carbons (Fsp3) is 0.500. The molecule has 19 heavy (non-hydrogen) atoms. The molecule has 0 aliphatic heterocycles. The smallest absolute Gasteiger partial charge is 0.224 e. The lowest BCUT2D eigenvalue weighted by atomic mass is 10.1. The number of nitrogens with one attached hydrogen (secondary N) is 1. The van der Waals surface area contributed by atoms with Gasteiger partial charge in [-0.1, -0.05) is 29.8 Å². The molecule has 0 saturated heterocycles. The Labute approximate surface area is 124 Å². The molecule has 1 atom stereocenters. The number of thioether (sulfide) groups is 1. The van der Waals surface area contributed by atoms with E-state index in [1.54, 1.807) is 24.9 Å². The third kappa shape index (κ3) is 6.32. The molecule has 106 valence electrons. The highest BCUT2D eigenvalue weighted by molar-refractivity contribution is 7.98. The zero-order chi connectivity index (χ0) is 14.1. The maximum atomic E-state index is 11.8. The molecular weight excluding hydrogens is 282 g/mol. The zero-order valence-corrected chi connectivity index (χ0v) is 12.9. The third-order valence-electron chi connectivity index (χ3n) is 2.81. The first-order valence-electron chi connectivity index (χ1n) is 6.19. The molecule has 1 N–H and O–H groups in total. The SMILES string of the molecule is COC(CCSC)CNC(=O)Cc1ccccc1Cl. The summed E-state index contributed by atoms with van der Waals surface area (Å²) >= 11 is 7.79. The summed E-state index contributed by atoms with van der Waals surface area (Å²) in [6, 6.07) is 7.39. The van der Waals surface area contributed by atoms with Gasteiger partial charge in [0.2, 0.25) is 5.91 Å². The number of hydrogen-bond acceptors (Lipinski definition) is 3. The minimum atomic E-state index is -0.0284. The van der Waals surface area contributed by atoms with Crippen molar-refractivity contribution < 1.29 is 9.53 Å². The molecule has 0 aromatic heterocycles. The monoisotopic (exact) mass is 301 g/mol. The highest BCUT2D eigenvalue weighted by Gasteiger charge is 2.10. The number of rotatable bonds is 8. The van der Waals surface area contributed by atoms with E-state index in [-0.39, 0.29) is 12.0 Å². The maximum Gasteiger partial charge on any atom is 0.224 e. The summed E-state index contributed by atoms with van der Waals surface area (Å²) in [6.45, 7) is 0.542. The van der Waals surface area contributed by atoms with Gasteiger partial charge in [0, 0.05) is 18.7 Å². The lowest BCUT2D eigenvalue weighted by Gasteiger charge is -2.15. The van der Waals surface area contributed by atoms with E-state index in [0.29, 0.717) is 18.0 Å². The van der Waals surface area contributed by atoms with Gasteiger partial charge in [0.25, 0.3) is 0 Å². The highest BCUT2D eigenvalue weighted by atomic mass is 35.5. The molecule has 0 bridgehead atoms. The van der Waals surface area contributed by atoms with Crippen LogP contribution in [0.4, 0.5) is 0 Å². The highest BCUT2D eigenvalue weighted by Crippen LogP contribution is 2.15. The van der Waals surface area contributed by atoms with E-state index in [9.17, 15) is 4.79 Å². The summed E-state index contributed by atoms with van der Waals surface area (Å²) in [6.07, 6.45) is 3.37. The number of halogens is 1. The van der Waals surface area contributed by atoms with Gasteiger partial charge in [0.15, 0.2) is 0 Å². The van der Waals surface area contributed by atoms with Crippen molar-refractivity contribution in [1.29, 1.82) is 0 Å². The second-order valence-corrected chi connectivity index (χ2v) is 5.60. The van der Waals surface area contributed by atoms with E-state index in [0.717, 1.165) is 17.7 Å². The molecule has 1 aromatic rings. The van der Waals surface area contributed by atoms with Gasteiger partial charge in [-0.2, -0.15) is 11.8 Å². The van der Waals surface area contributed by atoms with Crippen molar-refractivity contribution in [2.45, 2.75) is 18.9 Å². The molecular formula is C14H20ClNO2S. The van der Waals surface area contributed by atoms with Gasteiger partial charge in [-0.25, -0.2) is 0 Å². The van der Waals surface area contributed by atoms with Crippen LogP contribution in [0.2, 0.25) is 5.02 Å². The Balaban J connectivity index is 2.37. The predicted octanol–water partition coefficient (Wildman–Crippen LogP) is 2.77. The number of carbonyl (C=O) groups is 1. The number of methoxy groups -OCH3 is 1. The molecule has 0 heterocycles. The zero-order valence-electron chi connectivity index (χ0n) is 11.3. The van der Waals surface area contributed by atoms with Crippen LogP contribution in [0.3, 0.4) is 0 Å². The first kappa shape index (κ1) is 16.3. The lowest BCUT2D eigenvalue weighted by Crippen LogP contribution is -2.34. The summed E-state index contributed by atoms with van der Waals surface area (Å²) in [5.74, 6) is 0.998. The minimum Gasteiger partial charge on any atom is -0.380 e. The van der Waals surface area contributed by atoms with Gasteiger partial charge in [0.05, 0.1) is 12.5 Å². The summed E-state index contributed by atoms with van der Waals surface area (Å²) in [7, 11) is 1.67. The summed E-state index contributed by atoms with van der Waals surface area (Å²) in [4.78, 5) is 11.8. The topological polar surface area (TPSA) is 38.3 Å². The Morgan fingerprint density at radius 3 is 2.84 bits per heavy atom. The number of benzene rings is 1. The van der Waals surface area contributed by atoms with Crippen molar-refractivity contribution in [1.82, 2.24) is 5.32 Å². The molecule has 0 fully saturated rings. The van der Waals surface area contributed by atoms with E-state index < -0.39 is 0 Å². The van der Waals surface area contributed by atoms with E-state index in [4.69, 9.17) is 16.3 Å². The average molecular weight is 302 g/mol. The molecule has 0 spiro atoms. The van der Waals surface area contributed by atoms with Crippen molar-refractivity contribution >= 4 is 29.3 Å². The van der Waals surface area contributed by atoms with Crippen LogP contribution < -0.4 is 5.32 Å². The largest absolute Gasteiger partial charge is 0.380 e. The first-order chi connectivity index (χ1) is 9.17. The maximum absolute atomic E-state index is 11.8. The molecule has 0 aliphatic carbocycles. The van der Waals surface area contributed by atoms with Gasteiger partial charge in [0.1, 0.15) is 0 Å². The standard InChI is InChI=1S/C14H20ClNO2S/c1-18-12(7-8-19-2)10-16-14(17)9-11-5-3-4-6-13(11)15/h3-6,12H,7-10H2,1-2H3,(H,16,17). The Morgan fingerprint density at radius 2 is 2.21 bits per heavy atom. The van der Waals surface area contributed by atoms with Crippen LogP contribution in [0.5, 0.6) is 0 Å². The molecule has 1 aromatic carbocycles. The van der Waals surface area contributed by atoms with Crippen molar-refractivity contribution in [3.05, 3.63) is 34.9 Å². The van der Waals surface area contributed by atoms with Crippen LogP contribution in [0, 0.1) is 0 Å². The molecule has 0 aliphatic rings. The quantitative estimate of drug-likeness (QED) is 0.802. The molecule has 1 rings (SSSR count). The van der Waals surface area contributed by atoms with Crippen LogP contribution in [0.25, 0.3) is 0 Å². The van der Waals surface area contributed by atoms with Gasteiger partial charge in [-0.05, 0) is 30.1 Å². The molecule has 0 radical (unpaired) electrons. The predicted molar refractivity (Wildman–Crippen MR) is 82.0 cm³/mol. The second kappa shape index (κ2) is 9.23. The van der Waals surface area contributed by atoms with Crippen molar-refractivity contribution in [2.75, 3.05) is 25.7 Å². The number of hydrogen-bond donors (Lipinski definition) is 1. The van der Waals surface area contributed by atoms with Gasteiger partial charge in [-0.15, -0.1) is 0 Å². The fourth-order valence-electron chi connectivity index (χ4n) is 1.66. The van der Waals surface area contributed by atoms with E-state index in [1.807, 2.05) is 18.2 Å². The Hall–Kier alpha value is -0.710. The van der Waals surface area contributed by atoms with E-state index in [1.165, 1.54) is 0 Å². The van der Waals surface area contributed by atoms with Crippen molar-refractivity contribution in [3.8, 4) is 0 Å². The molecule has 5 heteroatoms. The van der Waals surface area contributed by atoms with Crippen molar-refractivity contribution in [3.63, 3.8) is 0 Å². The van der Waals surface area contributed by atoms with Gasteiger partial charge in [-0.3, -0.25) is 4.79 Å². The first-order valence-corrected chi connectivity index (χ1v) is 7.96. The lowest BCUT2D eigenvalue weighted by molar-refractivity contribution is -0.121. The van der Waals surface area contributed by atoms with Crippen LogP contribution in [0.15, 0.2) is 24.3 Å². The second-order valence-electron chi connectivity index (χ2n) is 4.21. The summed E-state index contributed by atoms with van der Waals surface area (Å²) in [5, 5.41) is 3.51. The van der Waals surface area contributed by atoms with Crippen LogP contribution >= 0.6 is 23.4 Å². The van der Waals surface area contributed by atoms with Crippen molar-refractivity contribution in [2.24, 2.45) is 0 Å². The van der Waals surface area contributed by atoms with Gasteiger partial charge < -0.3 is 10.1 Å². The van der Waals surface area contributed by atoms with E-state index >= 15 is 0 Å². The fourth-order valence-corrected chi connectivity index (χ4v) is 2.36. The molecule has 3 nitrogen and oxygen atoms in total. The van der Waals surface area contributed by atoms with Crippen LogP contribution in [-0.2, 0) is 16.0 Å². The third-order valence-corrected chi connectivity index (χ3v) is 3.83. The van der Waals surface area contributed by atoms with Crippen LogP contribution in [-0.4, -0.2) is 37.7 Å². The Morgan fingerprint density at radius 1 is 1.47 bits per heavy atom. The minimum absolute atomic E-state index is 0.0284. The number of amides is 1. The van der Waals surface area contributed by atoms with Gasteiger partial charge >= 0.3 is 0 Å². The Bertz CT molecular complexity index is 401. The average Bonchev–Trinajstić information content (AvgIpc) is 2.41. The molecule has 1 unspecified atom stereocenters. The summed E-state index contributed by atoms with van der Waals surface area (Å²) in [5.41, 5.74) is 0.847. The number of carbonyl (C=O) groups excluding carboxylic acids is 1. The molecule has 1 amide bonds. The summed E-state index contributed by atoms with van der Waals surface area (Å²) < 4.78 is 5.32. The Kier molecular flexibility index (Phi) is 7.94. The van der Waals surface area contributed by atoms with Crippen LogP contribution in [0.1, 0.15) is 12.0 Å².